The average Bonchev–Trinajstić information content (AvgIpc) is 3.05. The van der Waals surface area contributed by atoms with E-state index < -0.39 is 12.1 Å². The summed E-state index contributed by atoms with van der Waals surface area (Å²) in [7, 11) is 0. The van der Waals surface area contributed by atoms with Crippen LogP contribution in [0.1, 0.15) is 101 Å². The van der Waals surface area contributed by atoms with Gasteiger partial charge in [-0.3, -0.25) is 29.7 Å². The van der Waals surface area contributed by atoms with Crippen LogP contribution in [0.3, 0.4) is 0 Å². The van der Waals surface area contributed by atoms with Gasteiger partial charge in [-0.15, -0.1) is 0 Å². The van der Waals surface area contributed by atoms with Gasteiger partial charge in [0.2, 0.25) is 17.7 Å². The number of amidine groups is 2. The molecule has 2 heterocycles. The van der Waals surface area contributed by atoms with Gasteiger partial charge in [0.25, 0.3) is 0 Å². The molecule has 0 bridgehead atoms. The zero-order valence-corrected chi connectivity index (χ0v) is 32.2. The minimum Gasteiger partial charge on any atom is -0.445 e. The summed E-state index contributed by atoms with van der Waals surface area (Å²) in [5.41, 5.74) is 0.858. The van der Waals surface area contributed by atoms with Gasteiger partial charge in [-0.05, 0) is 62.3 Å². The van der Waals surface area contributed by atoms with Gasteiger partial charge in [-0.25, -0.2) is 4.79 Å². The van der Waals surface area contributed by atoms with Crippen LogP contribution in [0.25, 0.3) is 0 Å². The highest BCUT2D eigenvalue weighted by molar-refractivity contribution is 6.07. The first-order valence-corrected chi connectivity index (χ1v) is 18.3. The number of hydrogen-bond acceptors (Lipinski definition) is 8. The van der Waals surface area contributed by atoms with E-state index in [2.05, 4.69) is 88.6 Å². The van der Waals surface area contributed by atoms with E-state index in [1.165, 1.54) is 0 Å². The molecule has 12 heteroatoms. The van der Waals surface area contributed by atoms with E-state index in [0.717, 1.165) is 17.8 Å². The van der Waals surface area contributed by atoms with Crippen LogP contribution in [0.2, 0.25) is 0 Å². The van der Waals surface area contributed by atoms with Crippen LogP contribution >= 0.6 is 0 Å². The molecular formula is C38H63N7O5. The summed E-state index contributed by atoms with van der Waals surface area (Å²) in [4.78, 5) is 60.6. The number of carbonyl (C=O) groups is 4. The summed E-state index contributed by atoms with van der Waals surface area (Å²) in [5, 5.41) is 11.7. The average molecular weight is 698 g/mol. The quantitative estimate of drug-likeness (QED) is 0.226. The first-order chi connectivity index (χ1) is 23.5. The van der Waals surface area contributed by atoms with Crippen LogP contribution in [-0.2, 0) is 25.7 Å². The van der Waals surface area contributed by atoms with Gasteiger partial charge in [0.1, 0.15) is 30.9 Å². The zero-order valence-electron chi connectivity index (χ0n) is 32.2. The highest BCUT2D eigenvalue weighted by Gasteiger charge is 2.38. The number of nitrogens with one attached hydrogen (secondary N) is 4. The number of nitrogens with zero attached hydrogens (tertiary/aromatic N) is 3. The van der Waals surface area contributed by atoms with Gasteiger partial charge >= 0.3 is 6.09 Å². The van der Waals surface area contributed by atoms with E-state index in [1.54, 1.807) is 4.90 Å². The normalized spacial score (nSPS) is 21.5. The van der Waals surface area contributed by atoms with Gasteiger partial charge in [0.15, 0.2) is 0 Å². The van der Waals surface area contributed by atoms with Crippen molar-refractivity contribution in [1.29, 1.82) is 0 Å². The smallest absolute Gasteiger partial charge is 0.408 e. The molecule has 0 radical (unpaired) electrons. The maximum absolute atomic E-state index is 13.5. The molecule has 1 aromatic carbocycles. The number of rotatable bonds is 13. The fraction of sp³-hybridized carbons (Fsp3) is 0.684. The second-order valence-corrected chi connectivity index (χ2v) is 14.9. The molecule has 0 unspecified atom stereocenters. The molecule has 0 saturated carbocycles. The second-order valence-electron chi connectivity index (χ2n) is 14.9. The third-order valence-corrected chi connectivity index (χ3v) is 8.89. The van der Waals surface area contributed by atoms with Crippen molar-refractivity contribution in [3.8, 4) is 0 Å². The summed E-state index contributed by atoms with van der Waals surface area (Å²) < 4.78 is 5.29. The summed E-state index contributed by atoms with van der Waals surface area (Å²) in [6.07, 6.45) is 1.37. The predicted molar refractivity (Wildman–Crippen MR) is 200 cm³/mol. The number of amides is 4. The van der Waals surface area contributed by atoms with Crippen LogP contribution in [0.15, 0.2) is 40.3 Å². The fourth-order valence-electron chi connectivity index (χ4n) is 5.27. The van der Waals surface area contributed by atoms with E-state index in [0.29, 0.717) is 43.0 Å². The third-order valence-electron chi connectivity index (χ3n) is 8.89. The van der Waals surface area contributed by atoms with E-state index in [9.17, 15) is 19.2 Å². The molecule has 12 nitrogen and oxygen atoms in total. The molecule has 2 fully saturated rings. The van der Waals surface area contributed by atoms with E-state index in [-0.39, 0.29) is 61.0 Å². The predicted octanol–water partition coefficient (Wildman–Crippen LogP) is 5.07. The van der Waals surface area contributed by atoms with Crippen LogP contribution < -0.4 is 21.3 Å². The van der Waals surface area contributed by atoms with Crippen LogP contribution in [0.4, 0.5) is 4.79 Å². The van der Waals surface area contributed by atoms with Crippen molar-refractivity contribution in [3.05, 3.63) is 35.9 Å². The molecular weight excluding hydrogens is 634 g/mol. The minimum absolute atomic E-state index is 0.00178. The third kappa shape index (κ3) is 14.2. The molecule has 3 rings (SSSR count). The Kier molecular flexibility index (Phi) is 17.6. The lowest BCUT2D eigenvalue weighted by Crippen LogP contribution is -2.63. The second kappa shape index (κ2) is 20.8. The molecule has 0 aliphatic carbocycles. The Bertz CT molecular complexity index is 1310. The Balaban J connectivity index is 0.000000428. The Morgan fingerprint density at radius 3 is 1.94 bits per heavy atom. The molecule has 2 saturated heterocycles. The lowest BCUT2D eigenvalue weighted by molar-refractivity contribution is -0.140. The maximum Gasteiger partial charge on any atom is 0.408 e. The van der Waals surface area contributed by atoms with Crippen LogP contribution in [0, 0.1) is 23.7 Å². The fourth-order valence-corrected chi connectivity index (χ4v) is 5.27. The maximum atomic E-state index is 13.5. The molecule has 0 aromatic heterocycles. The molecule has 4 amide bonds. The number of alkyl carbamates (subject to hydrolysis) is 1. The zero-order chi connectivity index (χ0) is 37.5. The molecule has 280 valence electrons. The van der Waals surface area contributed by atoms with Crippen molar-refractivity contribution in [1.82, 2.24) is 26.2 Å². The molecule has 50 heavy (non-hydrogen) atoms. The number of piperazine rings is 2. The van der Waals surface area contributed by atoms with Gasteiger partial charge in [0.05, 0.1) is 30.7 Å². The van der Waals surface area contributed by atoms with Crippen molar-refractivity contribution < 1.29 is 23.9 Å². The summed E-state index contributed by atoms with van der Waals surface area (Å²) in [6.45, 7) is 23.3. The molecule has 4 N–H and O–H groups in total. The van der Waals surface area contributed by atoms with Gasteiger partial charge in [0, 0.05) is 0 Å². The van der Waals surface area contributed by atoms with Crippen molar-refractivity contribution in [2.24, 2.45) is 33.7 Å². The summed E-state index contributed by atoms with van der Waals surface area (Å²) >= 11 is 0. The first-order valence-electron chi connectivity index (χ1n) is 18.3. The van der Waals surface area contributed by atoms with Crippen LogP contribution in [-0.4, -0.2) is 83.7 Å². The van der Waals surface area contributed by atoms with E-state index in [4.69, 9.17) is 9.73 Å². The van der Waals surface area contributed by atoms with Crippen molar-refractivity contribution in [3.63, 3.8) is 0 Å². The Labute approximate surface area is 300 Å². The molecule has 1 aromatic rings. The van der Waals surface area contributed by atoms with Crippen LogP contribution in [0.5, 0.6) is 0 Å². The van der Waals surface area contributed by atoms with Crippen molar-refractivity contribution >= 4 is 35.5 Å². The standard InChI is InChI=1S/C25H38N4O4.C13H25N3O/c1-7-20(27-25(32)33-15-19-11-9-8-10-12-19)24(31)29-14-22(30)28-23(21(29)13-16(2)3)26-18(6)17(4)5;1-8(2)6-11-13(15-10(5)9(3)4)16-12(17)7-14-11/h8-12,16-18,20-21H,7,13-15H2,1-6H3,(H,27,32)(H,26,28,30);8-11,14H,6-7H2,1-5H3,(H,15,16,17)/t18-,20+,21+;10-,11+/m11/s1. The topological polar surface area (TPSA) is 154 Å². The molecule has 0 spiro atoms. The van der Waals surface area contributed by atoms with E-state index >= 15 is 0 Å². The number of hydrogen-bond donors (Lipinski definition) is 4. The monoisotopic (exact) mass is 697 g/mol. The Hall–Kier alpha value is -3.80. The Morgan fingerprint density at radius 2 is 1.40 bits per heavy atom. The van der Waals surface area contributed by atoms with Gasteiger partial charge in [-0.2, -0.15) is 0 Å². The minimum atomic E-state index is -0.794. The van der Waals surface area contributed by atoms with E-state index in [1.807, 2.05) is 44.2 Å². The van der Waals surface area contributed by atoms with Crippen molar-refractivity contribution in [2.45, 2.75) is 132 Å². The highest BCUT2D eigenvalue weighted by atomic mass is 16.5. The molecule has 2 aliphatic heterocycles. The number of ether oxygens (including phenoxy) is 1. The lowest BCUT2D eigenvalue weighted by Gasteiger charge is -2.39. The Morgan fingerprint density at radius 1 is 0.840 bits per heavy atom. The highest BCUT2D eigenvalue weighted by Crippen LogP contribution is 2.20. The largest absolute Gasteiger partial charge is 0.445 e. The van der Waals surface area contributed by atoms with Crippen molar-refractivity contribution in [2.75, 3.05) is 13.1 Å². The lowest BCUT2D eigenvalue weighted by atomic mass is 9.97. The molecule has 5 atom stereocenters. The SMILES string of the molecule is CC(C)C[C@@H]1NCC(=O)NC1=N[C@H](C)C(C)C.CC[C@H](NC(=O)OCc1ccccc1)C(=O)N1CC(=O)NC(=N[C@H](C)C(C)C)[C@@H]1CC(C)C. The van der Waals surface area contributed by atoms with Gasteiger partial charge in [-0.1, -0.05) is 92.6 Å². The van der Waals surface area contributed by atoms with Gasteiger partial charge < -0.3 is 25.6 Å². The number of aliphatic imine (C=N–C) groups is 2. The summed E-state index contributed by atoms with van der Waals surface area (Å²) in [6, 6.07) is 8.61. The number of benzene rings is 1. The first kappa shape index (κ1) is 42.4. The number of carbonyl (C=O) groups excluding carboxylic acids is 4. The summed E-state index contributed by atoms with van der Waals surface area (Å²) in [5.74, 6) is 2.42. The molecule has 2 aliphatic rings.